The number of aromatic nitrogens is 1. The van der Waals surface area contributed by atoms with E-state index in [4.69, 9.17) is 5.11 Å². The molecule has 0 atom stereocenters. The van der Waals surface area contributed by atoms with Crippen molar-refractivity contribution in [2.75, 3.05) is 4.72 Å². The quantitative estimate of drug-likeness (QED) is 0.902. The lowest BCUT2D eigenvalue weighted by Crippen LogP contribution is -2.14. The van der Waals surface area contributed by atoms with E-state index in [0.29, 0.717) is 11.4 Å². The summed E-state index contributed by atoms with van der Waals surface area (Å²) in [7, 11) is -3.77. The van der Waals surface area contributed by atoms with E-state index in [1.807, 2.05) is 6.92 Å². The Hall–Kier alpha value is -2.41. The third-order valence-electron chi connectivity index (χ3n) is 2.88. The molecule has 1 aromatic heterocycles. The summed E-state index contributed by atoms with van der Waals surface area (Å²) in [6.45, 7) is 3.52. The van der Waals surface area contributed by atoms with Crippen molar-refractivity contribution in [1.82, 2.24) is 4.98 Å². The number of carboxylic acids is 1. The third-order valence-corrected chi connectivity index (χ3v) is 4.26. The molecular formula is C14H14N2O4S. The Morgan fingerprint density at radius 1 is 1.10 bits per heavy atom. The summed E-state index contributed by atoms with van der Waals surface area (Å²) >= 11 is 0. The largest absolute Gasteiger partial charge is 0.478 e. The number of aromatic carboxylic acids is 1. The fourth-order valence-electron chi connectivity index (χ4n) is 1.77. The molecule has 2 aromatic rings. The van der Waals surface area contributed by atoms with Gasteiger partial charge in [-0.15, -0.1) is 0 Å². The zero-order valence-electron chi connectivity index (χ0n) is 11.5. The van der Waals surface area contributed by atoms with Gasteiger partial charge >= 0.3 is 5.97 Å². The first-order chi connectivity index (χ1) is 9.79. The van der Waals surface area contributed by atoms with Crippen molar-refractivity contribution in [2.45, 2.75) is 18.7 Å². The summed E-state index contributed by atoms with van der Waals surface area (Å²) in [6.07, 6.45) is 0. The van der Waals surface area contributed by atoms with Gasteiger partial charge in [-0.05, 0) is 50.2 Å². The lowest BCUT2D eigenvalue weighted by atomic mass is 10.2. The highest BCUT2D eigenvalue weighted by atomic mass is 32.2. The minimum Gasteiger partial charge on any atom is -0.478 e. The molecule has 21 heavy (non-hydrogen) atoms. The second kappa shape index (κ2) is 5.53. The summed E-state index contributed by atoms with van der Waals surface area (Å²) in [4.78, 5) is 14.9. The Morgan fingerprint density at radius 2 is 1.71 bits per heavy atom. The lowest BCUT2D eigenvalue weighted by molar-refractivity contribution is 0.0696. The summed E-state index contributed by atoms with van der Waals surface area (Å²) in [5.74, 6) is -1.11. The van der Waals surface area contributed by atoms with Crippen LogP contribution >= 0.6 is 0 Å². The van der Waals surface area contributed by atoms with E-state index in [-0.39, 0.29) is 10.5 Å². The molecule has 0 radical (unpaired) electrons. The maximum Gasteiger partial charge on any atom is 0.335 e. The summed E-state index contributed by atoms with van der Waals surface area (Å²) < 4.78 is 26.9. The first kappa shape index (κ1) is 15.0. The Labute approximate surface area is 122 Å². The van der Waals surface area contributed by atoms with Crippen LogP contribution in [0.2, 0.25) is 0 Å². The first-order valence-corrected chi connectivity index (χ1v) is 7.58. The van der Waals surface area contributed by atoms with E-state index in [1.54, 1.807) is 19.1 Å². The Morgan fingerprint density at radius 3 is 2.24 bits per heavy atom. The molecule has 0 aliphatic carbocycles. The van der Waals surface area contributed by atoms with Gasteiger partial charge < -0.3 is 5.11 Å². The number of sulfonamides is 1. The maximum absolute atomic E-state index is 12.2. The van der Waals surface area contributed by atoms with E-state index in [9.17, 15) is 13.2 Å². The average molecular weight is 306 g/mol. The van der Waals surface area contributed by atoms with Crippen molar-refractivity contribution in [3.8, 4) is 0 Å². The number of aryl methyl sites for hydroxylation is 2. The van der Waals surface area contributed by atoms with Gasteiger partial charge in [-0.1, -0.05) is 0 Å². The van der Waals surface area contributed by atoms with Crippen LogP contribution in [0.25, 0.3) is 0 Å². The number of nitrogens with zero attached hydrogens (tertiary/aromatic N) is 1. The van der Waals surface area contributed by atoms with Gasteiger partial charge in [-0.2, -0.15) is 0 Å². The second-order valence-electron chi connectivity index (χ2n) is 4.52. The van der Waals surface area contributed by atoms with Crippen LogP contribution in [0.3, 0.4) is 0 Å². The predicted octanol–water partition coefficient (Wildman–Crippen LogP) is 2.20. The van der Waals surface area contributed by atoms with Crippen LogP contribution in [-0.4, -0.2) is 24.5 Å². The Bertz CT molecular complexity index is 783. The van der Waals surface area contributed by atoms with Gasteiger partial charge in [0.2, 0.25) is 0 Å². The number of anilines is 1. The second-order valence-corrected chi connectivity index (χ2v) is 6.20. The molecule has 0 spiro atoms. The van der Waals surface area contributed by atoms with Crippen molar-refractivity contribution < 1.29 is 18.3 Å². The zero-order chi connectivity index (χ0) is 15.6. The van der Waals surface area contributed by atoms with Crippen molar-refractivity contribution in [3.05, 3.63) is 53.3 Å². The number of pyridine rings is 1. The zero-order valence-corrected chi connectivity index (χ0v) is 12.3. The first-order valence-electron chi connectivity index (χ1n) is 6.10. The normalized spacial score (nSPS) is 11.1. The number of hydrogen-bond donors (Lipinski definition) is 2. The molecule has 7 heteroatoms. The molecule has 0 saturated heterocycles. The molecular weight excluding hydrogens is 292 g/mol. The molecule has 1 heterocycles. The Balaban J connectivity index is 2.31. The highest BCUT2D eigenvalue weighted by molar-refractivity contribution is 7.92. The number of carboxylic acid groups (broad SMARTS) is 1. The van der Waals surface area contributed by atoms with Crippen molar-refractivity contribution in [1.29, 1.82) is 0 Å². The van der Waals surface area contributed by atoms with E-state index in [1.165, 1.54) is 24.3 Å². The van der Waals surface area contributed by atoms with Crippen molar-refractivity contribution in [2.24, 2.45) is 0 Å². The van der Waals surface area contributed by atoms with Gasteiger partial charge in [-0.3, -0.25) is 9.71 Å². The minimum atomic E-state index is -3.77. The van der Waals surface area contributed by atoms with Crippen LogP contribution in [0.1, 0.15) is 21.7 Å². The number of nitrogens with one attached hydrogen (secondary N) is 1. The van der Waals surface area contributed by atoms with E-state index < -0.39 is 16.0 Å². The van der Waals surface area contributed by atoms with E-state index in [2.05, 4.69) is 9.71 Å². The maximum atomic E-state index is 12.2. The summed E-state index contributed by atoms with van der Waals surface area (Å²) in [6, 6.07) is 8.35. The molecule has 6 nitrogen and oxygen atoms in total. The van der Waals surface area contributed by atoms with Gasteiger partial charge in [0.05, 0.1) is 21.8 Å². The standard InChI is InChI=1S/C14H14N2O4S/c1-9-3-8-13(10(2)15-9)16-21(19,20)12-6-4-11(5-7-12)14(17)18/h3-8,16H,1-2H3,(H,17,18). The molecule has 0 amide bonds. The number of hydrogen-bond acceptors (Lipinski definition) is 4. The summed E-state index contributed by atoms with van der Waals surface area (Å²) in [5.41, 5.74) is 1.78. The summed E-state index contributed by atoms with van der Waals surface area (Å²) in [5, 5.41) is 8.80. The SMILES string of the molecule is Cc1ccc(NS(=O)(=O)c2ccc(C(=O)O)cc2)c(C)n1. The molecule has 0 unspecified atom stereocenters. The van der Waals surface area contributed by atoms with Gasteiger partial charge in [0, 0.05) is 5.69 Å². The molecule has 2 N–H and O–H groups in total. The molecule has 0 bridgehead atoms. The van der Waals surface area contributed by atoms with Crippen LogP contribution < -0.4 is 4.72 Å². The van der Waals surface area contributed by atoms with Crippen LogP contribution in [0, 0.1) is 13.8 Å². The van der Waals surface area contributed by atoms with Crippen LogP contribution in [0.4, 0.5) is 5.69 Å². The van der Waals surface area contributed by atoms with E-state index in [0.717, 1.165) is 5.69 Å². The van der Waals surface area contributed by atoms with Crippen LogP contribution in [0.5, 0.6) is 0 Å². The molecule has 0 saturated carbocycles. The topological polar surface area (TPSA) is 96.4 Å². The molecule has 110 valence electrons. The number of rotatable bonds is 4. The molecule has 2 rings (SSSR count). The molecule has 1 aromatic carbocycles. The molecule has 0 fully saturated rings. The third kappa shape index (κ3) is 3.38. The number of carbonyl (C=O) groups is 1. The lowest BCUT2D eigenvalue weighted by Gasteiger charge is -2.10. The minimum absolute atomic E-state index is 0.00697. The van der Waals surface area contributed by atoms with Crippen LogP contribution in [0.15, 0.2) is 41.3 Å². The fourth-order valence-corrected chi connectivity index (χ4v) is 2.89. The van der Waals surface area contributed by atoms with Gasteiger partial charge in [0.15, 0.2) is 0 Å². The van der Waals surface area contributed by atoms with Crippen LogP contribution in [-0.2, 0) is 10.0 Å². The predicted molar refractivity (Wildman–Crippen MR) is 77.9 cm³/mol. The fraction of sp³-hybridized carbons (Fsp3) is 0.143. The highest BCUT2D eigenvalue weighted by Crippen LogP contribution is 2.19. The average Bonchev–Trinajstić information content (AvgIpc) is 2.42. The van der Waals surface area contributed by atoms with E-state index >= 15 is 0 Å². The van der Waals surface area contributed by atoms with Crippen molar-refractivity contribution >= 4 is 21.7 Å². The van der Waals surface area contributed by atoms with Gasteiger partial charge in [0.25, 0.3) is 10.0 Å². The molecule has 0 aliphatic rings. The molecule has 0 aliphatic heterocycles. The Kier molecular flexibility index (Phi) is 3.95. The van der Waals surface area contributed by atoms with Gasteiger partial charge in [-0.25, -0.2) is 13.2 Å². The smallest absolute Gasteiger partial charge is 0.335 e. The van der Waals surface area contributed by atoms with Crippen molar-refractivity contribution in [3.63, 3.8) is 0 Å². The number of benzene rings is 1. The van der Waals surface area contributed by atoms with Gasteiger partial charge in [0.1, 0.15) is 0 Å². The highest BCUT2D eigenvalue weighted by Gasteiger charge is 2.16. The monoisotopic (exact) mass is 306 g/mol.